The Kier molecular flexibility index (Phi) is 3.25. The van der Waals surface area contributed by atoms with E-state index in [0.29, 0.717) is 6.79 Å². The molecule has 80 valence electrons. The standard InChI is InChI=1S/C12H15NO2/c1-14-9-15-11-5-6-12-10(8-11)4-2-3-7-13-12/h2-3,5-6,8,13H,4,7,9H2,1H3. The van der Waals surface area contributed by atoms with Gasteiger partial charge in [-0.1, -0.05) is 12.2 Å². The van der Waals surface area contributed by atoms with Crippen molar-refractivity contribution in [3.05, 3.63) is 35.9 Å². The third-order valence-corrected chi connectivity index (χ3v) is 2.33. The Balaban J connectivity index is 2.16. The Bertz CT molecular complexity index is 361. The van der Waals surface area contributed by atoms with Gasteiger partial charge in [0.2, 0.25) is 0 Å². The molecular weight excluding hydrogens is 190 g/mol. The monoisotopic (exact) mass is 205 g/mol. The molecule has 0 spiro atoms. The molecule has 1 aromatic carbocycles. The van der Waals surface area contributed by atoms with E-state index in [1.54, 1.807) is 7.11 Å². The van der Waals surface area contributed by atoms with Crippen molar-refractivity contribution in [3.8, 4) is 5.75 Å². The number of methoxy groups -OCH3 is 1. The first-order valence-electron chi connectivity index (χ1n) is 5.03. The van der Waals surface area contributed by atoms with E-state index in [2.05, 4.69) is 23.5 Å². The van der Waals surface area contributed by atoms with Gasteiger partial charge in [0.1, 0.15) is 5.75 Å². The normalized spacial score (nSPS) is 13.9. The highest BCUT2D eigenvalue weighted by atomic mass is 16.7. The maximum Gasteiger partial charge on any atom is 0.188 e. The van der Waals surface area contributed by atoms with Crippen molar-refractivity contribution in [2.75, 3.05) is 25.8 Å². The topological polar surface area (TPSA) is 30.5 Å². The summed E-state index contributed by atoms with van der Waals surface area (Å²) >= 11 is 0. The Morgan fingerprint density at radius 1 is 1.33 bits per heavy atom. The maximum absolute atomic E-state index is 5.39. The molecule has 0 bridgehead atoms. The molecule has 1 aromatic rings. The number of anilines is 1. The molecule has 0 radical (unpaired) electrons. The second-order valence-corrected chi connectivity index (χ2v) is 3.43. The van der Waals surface area contributed by atoms with Crippen LogP contribution >= 0.6 is 0 Å². The van der Waals surface area contributed by atoms with Gasteiger partial charge >= 0.3 is 0 Å². The fourth-order valence-corrected chi connectivity index (χ4v) is 1.59. The van der Waals surface area contributed by atoms with Gasteiger partial charge in [-0.15, -0.1) is 0 Å². The molecule has 2 rings (SSSR count). The maximum atomic E-state index is 5.39. The molecule has 0 saturated carbocycles. The minimum Gasteiger partial charge on any atom is -0.468 e. The molecule has 1 N–H and O–H groups in total. The number of rotatable bonds is 3. The zero-order chi connectivity index (χ0) is 10.5. The lowest BCUT2D eigenvalue weighted by molar-refractivity contribution is 0.0511. The third kappa shape index (κ3) is 2.50. The Labute approximate surface area is 89.7 Å². The van der Waals surface area contributed by atoms with Crippen LogP contribution in [0, 0.1) is 0 Å². The van der Waals surface area contributed by atoms with Gasteiger partial charge in [0, 0.05) is 19.3 Å². The molecule has 0 saturated heterocycles. The quantitative estimate of drug-likeness (QED) is 0.606. The van der Waals surface area contributed by atoms with Crippen LogP contribution in [-0.4, -0.2) is 20.4 Å². The second-order valence-electron chi connectivity index (χ2n) is 3.43. The molecule has 1 aliphatic heterocycles. The predicted octanol–water partition coefficient (Wildman–Crippen LogP) is 2.19. The zero-order valence-corrected chi connectivity index (χ0v) is 8.82. The molecule has 0 atom stereocenters. The van der Waals surface area contributed by atoms with Gasteiger partial charge in [-0.25, -0.2) is 0 Å². The summed E-state index contributed by atoms with van der Waals surface area (Å²) in [6.07, 6.45) is 5.25. The summed E-state index contributed by atoms with van der Waals surface area (Å²) in [7, 11) is 1.62. The number of fused-ring (bicyclic) bond motifs is 1. The number of benzene rings is 1. The summed E-state index contributed by atoms with van der Waals surface area (Å²) in [6, 6.07) is 6.06. The molecule has 0 unspecified atom stereocenters. The van der Waals surface area contributed by atoms with Gasteiger partial charge in [-0.05, 0) is 30.2 Å². The van der Waals surface area contributed by atoms with E-state index in [1.165, 1.54) is 11.3 Å². The highest BCUT2D eigenvalue weighted by Crippen LogP contribution is 2.24. The van der Waals surface area contributed by atoms with Crippen LogP contribution in [-0.2, 0) is 11.2 Å². The van der Waals surface area contributed by atoms with E-state index in [-0.39, 0.29) is 0 Å². The number of nitrogens with one attached hydrogen (secondary N) is 1. The van der Waals surface area contributed by atoms with Crippen LogP contribution in [0.5, 0.6) is 5.75 Å². The van der Waals surface area contributed by atoms with E-state index in [0.717, 1.165) is 18.7 Å². The summed E-state index contributed by atoms with van der Waals surface area (Å²) in [5.41, 5.74) is 2.45. The molecule has 0 aliphatic carbocycles. The van der Waals surface area contributed by atoms with Crippen LogP contribution in [0.2, 0.25) is 0 Å². The van der Waals surface area contributed by atoms with Crippen molar-refractivity contribution >= 4 is 5.69 Å². The van der Waals surface area contributed by atoms with Crippen molar-refractivity contribution in [1.29, 1.82) is 0 Å². The van der Waals surface area contributed by atoms with Crippen LogP contribution in [0.25, 0.3) is 0 Å². The van der Waals surface area contributed by atoms with Crippen LogP contribution in [0.15, 0.2) is 30.4 Å². The lowest BCUT2D eigenvalue weighted by Crippen LogP contribution is -2.01. The zero-order valence-electron chi connectivity index (χ0n) is 8.82. The van der Waals surface area contributed by atoms with Gasteiger partial charge < -0.3 is 14.8 Å². The van der Waals surface area contributed by atoms with Crippen molar-refractivity contribution in [2.24, 2.45) is 0 Å². The molecule has 0 aromatic heterocycles. The first kappa shape index (κ1) is 10.1. The average Bonchev–Trinajstić information content (AvgIpc) is 2.50. The van der Waals surface area contributed by atoms with E-state index in [9.17, 15) is 0 Å². The number of hydrogen-bond donors (Lipinski definition) is 1. The molecule has 15 heavy (non-hydrogen) atoms. The van der Waals surface area contributed by atoms with Crippen molar-refractivity contribution in [3.63, 3.8) is 0 Å². The second kappa shape index (κ2) is 4.84. The smallest absolute Gasteiger partial charge is 0.188 e. The summed E-state index contributed by atoms with van der Waals surface area (Å²) in [5.74, 6) is 0.854. The van der Waals surface area contributed by atoms with Gasteiger partial charge in [0.25, 0.3) is 0 Å². The van der Waals surface area contributed by atoms with E-state index < -0.39 is 0 Å². The highest BCUT2D eigenvalue weighted by molar-refractivity contribution is 5.56. The van der Waals surface area contributed by atoms with Crippen molar-refractivity contribution in [1.82, 2.24) is 0 Å². The average molecular weight is 205 g/mol. The van der Waals surface area contributed by atoms with Crippen molar-refractivity contribution < 1.29 is 9.47 Å². The van der Waals surface area contributed by atoms with Crippen LogP contribution in [0.1, 0.15) is 5.56 Å². The molecule has 3 heteroatoms. The van der Waals surface area contributed by atoms with E-state index >= 15 is 0 Å². The fraction of sp³-hybridized carbons (Fsp3) is 0.333. The molecule has 0 amide bonds. The lowest BCUT2D eigenvalue weighted by atomic mass is 10.1. The Morgan fingerprint density at radius 2 is 2.27 bits per heavy atom. The fourth-order valence-electron chi connectivity index (χ4n) is 1.59. The molecule has 1 heterocycles. The minimum atomic E-state index is 0.294. The van der Waals surface area contributed by atoms with E-state index in [4.69, 9.17) is 9.47 Å². The Hall–Kier alpha value is -1.48. The van der Waals surface area contributed by atoms with Crippen LogP contribution in [0.4, 0.5) is 5.69 Å². The van der Waals surface area contributed by atoms with Crippen molar-refractivity contribution in [2.45, 2.75) is 6.42 Å². The van der Waals surface area contributed by atoms with Gasteiger partial charge in [-0.2, -0.15) is 0 Å². The minimum absolute atomic E-state index is 0.294. The summed E-state index contributed by atoms with van der Waals surface area (Å²) < 4.78 is 10.3. The summed E-state index contributed by atoms with van der Waals surface area (Å²) in [4.78, 5) is 0. The lowest BCUT2D eigenvalue weighted by Gasteiger charge is -2.10. The SMILES string of the molecule is COCOc1ccc2c(c1)CC=CCN2. The van der Waals surface area contributed by atoms with E-state index in [1.807, 2.05) is 12.1 Å². The number of hydrogen-bond acceptors (Lipinski definition) is 3. The predicted molar refractivity (Wildman–Crippen MR) is 60.3 cm³/mol. The first-order valence-corrected chi connectivity index (χ1v) is 5.03. The largest absolute Gasteiger partial charge is 0.468 e. The molecular formula is C12H15NO2. The van der Waals surface area contributed by atoms with Crippen LogP contribution < -0.4 is 10.1 Å². The molecule has 3 nitrogen and oxygen atoms in total. The first-order chi connectivity index (χ1) is 7.40. The summed E-state index contributed by atoms with van der Waals surface area (Å²) in [5, 5.41) is 3.33. The number of allylic oxidation sites excluding steroid dienone is 1. The third-order valence-electron chi connectivity index (χ3n) is 2.33. The Morgan fingerprint density at radius 3 is 3.13 bits per heavy atom. The van der Waals surface area contributed by atoms with Gasteiger partial charge in [0.15, 0.2) is 6.79 Å². The molecule has 0 fully saturated rings. The van der Waals surface area contributed by atoms with Gasteiger partial charge in [-0.3, -0.25) is 0 Å². The highest BCUT2D eigenvalue weighted by Gasteiger charge is 2.05. The number of ether oxygens (including phenoxy) is 2. The van der Waals surface area contributed by atoms with Crippen LogP contribution in [0.3, 0.4) is 0 Å². The summed E-state index contributed by atoms with van der Waals surface area (Å²) in [6.45, 7) is 1.19. The molecule has 1 aliphatic rings. The van der Waals surface area contributed by atoms with Gasteiger partial charge in [0.05, 0.1) is 0 Å².